The van der Waals surface area contributed by atoms with E-state index in [9.17, 15) is 29.7 Å². The summed E-state index contributed by atoms with van der Waals surface area (Å²) in [6.45, 7) is -0.743. The van der Waals surface area contributed by atoms with E-state index in [4.69, 9.17) is 5.11 Å². The fourth-order valence-corrected chi connectivity index (χ4v) is 1.71. The van der Waals surface area contributed by atoms with Crippen molar-refractivity contribution in [3.8, 4) is 0 Å². The van der Waals surface area contributed by atoms with Crippen molar-refractivity contribution in [3.63, 3.8) is 0 Å². The van der Waals surface area contributed by atoms with Gasteiger partial charge in [0.05, 0.1) is 14.4 Å². The summed E-state index contributed by atoms with van der Waals surface area (Å²) in [5.41, 5.74) is 0. The zero-order chi connectivity index (χ0) is 12.5. The molecule has 1 heterocycles. The Morgan fingerprint density at radius 1 is 1.11 bits per heavy atom. The molecular weight excluding hydrogens is 325 g/mol. The number of aliphatic hydroxyl groups is 4. The van der Waals surface area contributed by atoms with Crippen molar-refractivity contribution < 1.29 is 147 Å². The molecule has 1 rings (SSSR count). The fraction of sp³-hybridized carbons (Fsp3) is 1.00. The molecule has 0 aromatic rings. The molecule has 18 heavy (non-hydrogen) atoms. The predicted octanol–water partition coefficient (Wildman–Crippen LogP) is -10.4. The molecule has 0 radical (unpaired) electrons. The molecule has 0 spiro atoms. The minimum atomic E-state index is -5.41. The van der Waals surface area contributed by atoms with Gasteiger partial charge < -0.3 is 44.0 Å². The summed E-state index contributed by atoms with van der Waals surface area (Å²) in [7, 11) is -5.41. The maximum Gasteiger partial charge on any atom is 1.00 e. The minimum Gasteiger partial charge on any atom is -0.790 e. The molecule has 0 aliphatic carbocycles. The number of phosphoric acid groups is 1. The molecule has 0 aromatic heterocycles. The van der Waals surface area contributed by atoms with Crippen molar-refractivity contribution in [2.24, 2.45) is 0 Å². The Bertz CT molecular complexity index is 284. The van der Waals surface area contributed by atoms with E-state index in [2.05, 4.69) is 9.26 Å². The predicted molar refractivity (Wildman–Crippen MR) is 42.5 cm³/mol. The molecule has 0 amide bonds. The van der Waals surface area contributed by atoms with Crippen LogP contribution in [-0.4, -0.2) is 57.7 Å². The topological polar surface area (TPSA) is 163 Å². The van der Waals surface area contributed by atoms with Gasteiger partial charge in [-0.15, -0.1) is 0 Å². The summed E-state index contributed by atoms with van der Waals surface area (Å²) in [5, 5.41) is 36.5. The minimum absolute atomic E-state index is 0. The number of phosphoric ester groups is 1. The van der Waals surface area contributed by atoms with Crippen molar-refractivity contribution in [1.29, 1.82) is 0 Å². The van der Waals surface area contributed by atoms with Gasteiger partial charge in [0.15, 0.2) is 6.29 Å². The molecule has 1 fully saturated rings. The SMILES string of the molecule is O=P([O-])([O-])O[C@@H]1O[C@@H](CO)[C@@H](O)[C@@H](O)[C@@H]1O.[K+].[K+]. The van der Waals surface area contributed by atoms with Crippen molar-refractivity contribution in [1.82, 2.24) is 0 Å². The molecule has 0 saturated carbocycles. The van der Waals surface area contributed by atoms with Crippen LogP contribution in [0.5, 0.6) is 0 Å². The number of aliphatic hydroxyl groups excluding tert-OH is 4. The van der Waals surface area contributed by atoms with Gasteiger partial charge in [-0.1, -0.05) is 0 Å². The van der Waals surface area contributed by atoms with Crippen LogP contribution in [0, 0.1) is 0 Å². The second-order valence-electron chi connectivity index (χ2n) is 3.25. The first-order chi connectivity index (χ1) is 7.26. The zero-order valence-corrected chi connectivity index (χ0v) is 17.0. The van der Waals surface area contributed by atoms with E-state index in [-0.39, 0.29) is 103 Å². The van der Waals surface area contributed by atoms with Gasteiger partial charge in [0, 0.05) is 0 Å². The van der Waals surface area contributed by atoms with Crippen molar-refractivity contribution in [3.05, 3.63) is 0 Å². The van der Waals surface area contributed by atoms with Crippen LogP contribution < -0.4 is 113 Å². The molecule has 96 valence electrons. The molecular formula is C6H11K2O9P. The van der Waals surface area contributed by atoms with Crippen LogP contribution in [0.15, 0.2) is 0 Å². The Balaban J connectivity index is 0. The Morgan fingerprint density at radius 2 is 1.61 bits per heavy atom. The summed E-state index contributed by atoms with van der Waals surface area (Å²) in [6.07, 6.45) is -8.61. The number of hydrogen-bond donors (Lipinski definition) is 4. The van der Waals surface area contributed by atoms with Gasteiger partial charge in [0.25, 0.3) is 0 Å². The Kier molecular flexibility index (Phi) is 13.1. The Morgan fingerprint density at radius 3 is 2.00 bits per heavy atom. The normalized spacial score (nSPS) is 36.4. The molecule has 1 saturated heterocycles. The van der Waals surface area contributed by atoms with Crippen molar-refractivity contribution in [2.75, 3.05) is 6.61 Å². The quantitative estimate of drug-likeness (QED) is 0.289. The first kappa shape index (κ1) is 23.4. The summed E-state index contributed by atoms with van der Waals surface area (Å²) < 4.78 is 18.7. The van der Waals surface area contributed by atoms with Gasteiger partial charge in [-0.25, -0.2) is 0 Å². The molecule has 1 aliphatic rings. The number of rotatable bonds is 3. The van der Waals surface area contributed by atoms with E-state index in [0.717, 1.165) is 0 Å². The van der Waals surface area contributed by atoms with Crippen molar-refractivity contribution in [2.45, 2.75) is 30.7 Å². The first-order valence-corrected chi connectivity index (χ1v) is 5.73. The van der Waals surface area contributed by atoms with E-state index in [0.29, 0.717) is 0 Å². The average Bonchev–Trinajstić information content (AvgIpc) is 2.17. The standard InChI is InChI=1S/C6H13O9P.2K/c7-1-2-3(8)4(9)5(10)6(14-2)15-16(11,12)13;;/h2-10H,1H2,(H2,11,12,13);;/q;2*+1/p-2/t2-,3+,4+,5-,6-;;/m0../s1. The van der Waals surface area contributed by atoms with E-state index in [1.165, 1.54) is 0 Å². The van der Waals surface area contributed by atoms with Gasteiger partial charge in [0.2, 0.25) is 0 Å². The van der Waals surface area contributed by atoms with E-state index >= 15 is 0 Å². The van der Waals surface area contributed by atoms with Crippen LogP contribution >= 0.6 is 7.82 Å². The summed E-state index contributed by atoms with van der Waals surface area (Å²) in [4.78, 5) is 20.6. The van der Waals surface area contributed by atoms with Crippen LogP contribution in [0.1, 0.15) is 0 Å². The summed E-state index contributed by atoms with van der Waals surface area (Å²) in [6, 6.07) is 0. The van der Waals surface area contributed by atoms with Crippen LogP contribution in [0.3, 0.4) is 0 Å². The molecule has 9 nitrogen and oxygen atoms in total. The summed E-state index contributed by atoms with van der Waals surface area (Å²) in [5.74, 6) is 0. The van der Waals surface area contributed by atoms with Gasteiger partial charge >= 0.3 is 103 Å². The van der Waals surface area contributed by atoms with E-state index in [1.807, 2.05) is 0 Å². The molecule has 5 atom stereocenters. The average molecular weight is 336 g/mol. The molecule has 4 N–H and O–H groups in total. The maximum atomic E-state index is 10.3. The van der Waals surface area contributed by atoms with Crippen LogP contribution in [0.4, 0.5) is 0 Å². The van der Waals surface area contributed by atoms with Crippen LogP contribution in [-0.2, 0) is 13.8 Å². The largest absolute Gasteiger partial charge is 1.00 e. The molecule has 1 aliphatic heterocycles. The van der Waals surface area contributed by atoms with Gasteiger partial charge in [-0.2, -0.15) is 0 Å². The maximum absolute atomic E-state index is 10.3. The Hall–Kier alpha value is 3.18. The van der Waals surface area contributed by atoms with Gasteiger partial charge in [-0.05, 0) is 0 Å². The third kappa shape index (κ3) is 6.96. The third-order valence-electron chi connectivity index (χ3n) is 2.08. The molecule has 0 bridgehead atoms. The molecule has 0 aromatic carbocycles. The second-order valence-corrected chi connectivity index (χ2v) is 4.36. The monoisotopic (exact) mass is 336 g/mol. The number of ether oxygens (including phenoxy) is 1. The van der Waals surface area contributed by atoms with Crippen molar-refractivity contribution >= 4 is 7.82 Å². The first-order valence-electron chi connectivity index (χ1n) is 4.27. The van der Waals surface area contributed by atoms with E-state index in [1.54, 1.807) is 0 Å². The molecule has 0 unspecified atom stereocenters. The van der Waals surface area contributed by atoms with Gasteiger partial charge in [0.1, 0.15) is 24.4 Å². The van der Waals surface area contributed by atoms with Crippen LogP contribution in [0.25, 0.3) is 0 Å². The Labute approximate surface area is 188 Å². The number of hydrogen-bond acceptors (Lipinski definition) is 9. The van der Waals surface area contributed by atoms with Crippen LogP contribution in [0.2, 0.25) is 0 Å². The van der Waals surface area contributed by atoms with Gasteiger partial charge in [-0.3, -0.25) is 0 Å². The third-order valence-corrected chi connectivity index (χ3v) is 2.55. The fourth-order valence-electron chi connectivity index (χ4n) is 1.28. The summed E-state index contributed by atoms with van der Waals surface area (Å²) >= 11 is 0. The second kappa shape index (κ2) is 10.1. The smallest absolute Gasteiger partial charge is 0.790 e. The molecule has 12 heteroatoms. The van der Waals surface area contributed by atoms with E-state index < -0.39 is 45.1 Å². The zero-order valence-electron chi connectivity index (χ0n) is 9.87.